The summed E-state index contributed by atoms with van der Waals surface area (Å²) in [5, 5.41) is 0. The zero-order valence-electron chi connectivity index (χ0n) is 8.84. The minimum atomic E-state index is 0.547. The van der Waals surface area contributed by atoms with E-state index in [-0.39, 0.29) is 0 Å². The number of hydrogen-bond acceptors (Lipinski definition) is 2. The van der Waals surface area contributed by atoms with Gasteiger partial charge >= 0.3 is 0 Å². The maximum Gasteiger partial charge on any atom is 0.138 e. The van der Waals surface area contributed by atoms with E-state index in [9.17, 15) is 0 Å². The van der Waals surface area contributed by atoms with Crippen LogP contribution in [0, 0.1) is 11.8 Å². The van der Waals surface area contributed by atoms with E-state index in [1.54, 1.807) is 14.2 Å². The zero-order valence-corrected chi connectivity index (χ0v) is 9.60. The maximum absolute atomic E-state index is 5.54. The van der Waals surface area contributed by atoms with E-state index in [0.717, 1.165) is 17.1 Å². The Kier molecular flexibility index (Phi) is 4.86. The molecule has 0 radical (unpaired) electrons. The monoisotopic (exact) mass is 224 g/mol. The molecule has 0 unspecified atom stereocenters. The van der Waals surface area contributed by atoms with Gasteiger partial charge in [-0.3, -0.25) is 0 Å². The van der Waals surface area contributed by atoms with Crippen molar-refractivity contribution in [3.63, 3.8) is 0 Å². The summed E-state index contributed by atoms with van der Waals surface area (Å²) in [5.74, 6) is 7.99. The van der Waals surface area contributed by atoms with Crippen molar-refractivity contribution in [2.45, 2.75) is 6.42 Å². The highest BCUT2D eigenvalue weighted by molar-refractivity contribution is 6.18. The predicted octanol–water partition coefficient (Wildman–Crippen LogP) is 2.68. The summed E-state index contributed by atoms with van der Waals surface area (Å²) in [6.07, 6.45) is 0.677. The van der Waals surface area contributed by atoms with Gasteiger partial charge in [-0.05, 0) is 12.1 Å². The number of alkyl halides is 1. The molecule has 1 rings (SSSR count). The topological polar surface area (TPSA) is 18.5 Å². The second kappa shape index (κ2) is 6.21. The third kappa shape index (κ3) is 3.38. The SMILES string of the molecule is COc1ccc(C#CCCCl)c(OC)c1. The molecule has 0 aromatic heterocycles. The van der Waals surface area contributed by atoms with Crippen LogP contribution >= 0.6 is 11.6 Å². The van der Waals surface area contributed by atoms with E-state index >= 15 is 0 Å². The van der Waals surface area contributed by atoms with Gasteiger partial charge in [-0.2, -0.15) is 0 Å². The minimum Gasteiger partial charge on any atom is -0.497 e. The van der Waals surface area contributed by atoms with Gasteiger partial charge in [-0.15, -0.1) is 11.6 Å². The zero-order chi connectivity index (χ0) is 11.1. The third-order valence-corrected chi connectivity index (χ3v) is 2.04. The minimum absolute atomic E-state index is 0.547. The molecule has 0 amide bonds. The van der Waals surface area contributed by atoms with Crippen LogP contribution in [0.25, 0.3) is 0 Å². The molecule has 0 aliphatic heterocycles. The van der Waals surface area contributed by atoms with Crippen LogP contribution in [0.5, 0.6) is 11.5 Å². The Balaban J connectivity index is 2.93. The van der Waals surface area contributed by atoms with Crippen molar-refractivity contribution in [1.29, 1.82) is 0 Å². The van der Waals surface area contributed by atoms with Crippen molar-refractivity contribution in [2.24, 2.45) is 0 Å². The Bertz CT molecular complexity index is 377. The van der Waals surface area contributed by atoms with Crippen LogP contribution in [0.3, 0.4) is 0 Å². The molecule has 80 valence electrons. The molecule has 0 N–H and O–H groups in total. The molecule has 1 aromatic carbocycles. The Morgan fingerprint density at radius 2 is 2.07 bits per heavy atom. The fourth-order valence-corrected chi connectivity index (χ4v) is 1.20. The van der Waals surface area contributed by atoms with Crippen LogP contribution < -0.4 is 9.47 Å². The van der Waals surface area contributed by atoms with E-state index < -0.39 is 0 Å². The van der Waals surface area contributed by atoms with Gasteiger partial charge < -0.3 is 9.47 Å². The van der Waals surface area contributed by atoms with Gasteiger partial charge in [0.1, 0.15) is 11.5 Å². The van der Waals surface area contributed by atoms with Crippen LogP contribution in [0.2, 0.25) is 0 Å². The van der Waals surface area contributed by atoms with Gasteiger partial charge in [0, 0.05) is 18.4 Å². The second-order valence-corrected chi connectivity index (χ2v) is 3.18. The summed E-state index contributed by atoms with van der Waals surface area (Å²) in [5.41, 5.74) is 0.850. The van der Waals surface area contributed by atoms with Gasteiger partial charge in [0.05, 0.1) is 19.8 Å². The molecule has 0 bridgehead atoms. The number of ether oxygens (including phenoxy) is 2. The number of methoxy groups -OCH3 is 2. The molecule has 2 nitrogen and oxygen atoms in total. The number of rotatable bonds is 3. The quantitative estimate of drug-likeness (QED) is 0.581. The van der Waals surface area contributed by atoms with Gasteiger partial charge in [-0.1, -0.05) is 11.8 Å². The van der Waals surface area contributed by atoms with E-state index in [0.29, 0.717) is 12.3 Å². The second-order valence-electron chi connectivity index (χ2n) is 2.81. The Morgan fingerprint density at radius 1 is 1.27 bits per heavy atom. The average Bonchev–Trinajstić information content (AvgIpc) is 2.29. The van der Waals surface area contributed by atoms with Gasteiger partial charge in [0.15, 0.2) is 0 Å². The largest absolute Gasteiger partial charge is 0.497 e. The molecule has 0 atom stereocenters. The fraction of sp³-hybridized carbons (Fsp3) is 0.333. The molecule has 1 aromatic rings. The first-order valence-electron chi connectivity index (χ1n) is 4.58. The molecule has 3 heteroatoms. The smallest absolute Gasteiger partial charge is 0.138 e. The van der Waals surface area contributed by atoms with Crippen molar-refractivity contribution in [2.75, 3.05) is 20.1 Å². The summed E-state index contributed by atoms with van der Waals surface area (Å²) in [6, 6.07) is 5.54. The number of benzene rings is 1. The Morgan fingerprint density at radius 3 is 2.67 bits per heavy atom. The van der Waals surface area contributed by atoms with Crippen molar-refractivity contribution in [3.05, 3.63) is 23.8 Å². The summed E-state index contributed by atoms with van der Waals surface area (Å²) < 4.78 is 10.3. The van der Waals surface area contributed by atoms with E-state index in [2.05, 4.69) is 11.8 Å². The van der Waals surface area contributed by atoms with Crippen LogP contribution in [0.4, 0.5) is 0 Å². The van der Waals surface area contributed by atoms with Crippen molar-refractivity contribution >= 4 is 11.6 Å². The average molecular weight is 225 g/mol. The highest BCUT2D eigenvalue weighted by Gasteiger charge is 2.01. The lowest BCUT2D eigenvalue weighted by molar-refractivity contribution is 0.393. The molecule has 0 fully saturated rings. The molecule has 0 spiro atoms. The van der Waals surface area contributed by atoms with Crippen molar-refractivity contribution in [3.8, 4) is 23.3 Å². The first-order valence-corrected chi connectivity index (χ1v) is 5.12. The summed E-state index contributed by atoms with van der Waals surface area (Å²) in [4.78, 5) is 0. The molecule has 15 heavy (non-hydrogen) atoms. The van der Waals surface area contributed by atoms with Crippen molar-refractivity contribution < 1.29 is 9.47 Å². The number of halogens is 1. The molecule has 0 aliphatic rings. The Hall–Kier alpha value is -1.33. The molecule has 0 aliphatic carbocycles. The predicted molar refractivity (Wildman–Crippen MR) is 61.8 cm³/mol. The van der Waals surface area contributed by atoms with Gasteiger partial charge in [0.2, 0.25) is 0 Å². The van der Waals surface area contributed by atoms with E-state index in [1.165, 1.54) is 0 Å². The highest BCUT2D eigenvalue weighted by Crippen LogP contribution is 2.23. The van der Waals surface area contributed by atoms with Crippen LogP contribution in [0.1, 0.15) is 12.0 Å². The standard InChI is InChI=1S/C12H13ClO2/c1-14-11-7-6-10(5-3-4-8-13)12(9-11)15-2/h6-7,9H,4,8H2,1-2H3. The lowest BCUT2D eigenvalue weighted by Crippen LogP contribution is -1.90. The summed E-state index contributed by atoms with van der Waals surface area (Å²) >= 11 is 5.54. The number of hydrogen-bond donors (Lipinski definition) is 0. The normalized spacial score (nSPS) is 9.00. The van der Waals surface area contributed by atoms with Crippen LogP contribution in [-0.4, -0.2) is 20.1 Å². The van der Waals surface area contributed by atoms with Gasteiger partial charge in [0.25, 0.3) is 0 Å². The molecule has 0 heterocycles. The summed E-state index contributed by atoms with van der Waals surface area (Å²) in [6.45, 7) is 0. The maximum atomic E-state index is 5.54. The molecule has 0 saturated heterocycles. The molecular formula is C12H13ClO2. The first kappa shape index (κ1) is 11.7. The molecule has 0 saturated carbocycles. The highest BCUT2D eigenvalue weighted by atomic mass is 35.5. The van der Waals surface area contributed by atoms with E-state index in [1.807, 2.05) is 18.2 Å². The first-order chi connectivity index (χ1) is 7.31. The van der Waals surface area contributed by atoms with Crippen LogP contribution in [-0.2, 0) is 0 Å². The Labute approximate surface area is 95.2 Å². The summed E-state index contributed by atoms with van der Waals surface area (Å²) in [7, 11) is 3.23. The van der Waals surface area contributed by atoms with Crippen LogP contribution in [0.15, 0.2) is 18.2 Å². The fourth-order valence-electron chi connectivity index (χ4n) is 1.11. The molecular weight excluding hydrogens is 212 g/mol. The van der Waals surface area contributed by atoms with E-state index in [4.69, 9.17) is 21.1 Å². The van der Waals surface area contributed by atoms with Crippen molar-refractivity contribution in [1.82, 2.24) is 0 Å². The third-order valence-electron chi connectivity index (χ3n) is 1.85. The van der Waals surface area contributed by atoms with Gasteiger partial charge in [-0.25, -0.2) is 0 Å². The lowest BCUT2D eigenvalue weighted by atomic mass is 10.2. The lowest BCUT2D eigenvalue weighted by Gasteiger charge is -2.05.